The molecule has 3 nitrogen and oxygen atoms in total. The lowest BCUT2D eigenvalue weighted by Gasteiger charge is -1.80. The summed E-state index contributed by atoms with van der Waals surface area (Å²) >= 11 is 14.4. The fourth-order valence-electron chi connectivity index (χ4n) is 0. The number of rotatable bonds is 0. The number of Topliss-reactive ketones (excluding diaryl/α,β-unsaturated/α-hetero) is 1. The molecule has 0 amide bonds. The number of carbonyl (C=O) groups is 2. The Morgan fingerprint density at radius 3 is 1.15 bits per heavy atom. The third kappa shape index (κ3) is 298. The molecule has 0 fully saturated rings. The maximum atomic E-state index is 9.59. The van der Waals surface area contributed by atoms with Crippen molar-refractivity contribution >= 4 is 46.6 Å². The van der Waals surface area contributed by atoms with Crippen molar-refractivity contribution < 1.29 is 14.3 Å². The molecule has 0 saturated heterocycles. The van der Waals surface area contributed by atoms with E-state index in [1.54, 1.807) is 0 Å². The van der Waals surface area contributed by atoms with Gasteiger partial charge in [0, 0.05) is 6.92 Å². The Kier molecular flexibility index (Phi) is 20.9. The number of esters is 1. The second kappa shape index (κ2) is 14.5. The van der Waals surface area contributed by atoms with Crippen LogP contribution in [-0.4, -0.2) is 23.2 Å². The maximum Gasteiger partial charge on any atom is 0.302 e. The summed E-state index contributed by atoms with van der Waals surface area (Å²) in [5, 5.41) is 0. The summed E-state index contributed by atoms with van der Waals surface area (Å²) in [7, 11) is 1.35. The molecular weight excluding hydrogens is 238 g/mol. The fourth-order valence-corrected chi connectivity index (χ4v) is 0. The Hall–Kier alpha value is 0.01000. The largest absolute Gasteiger partial charge is 0.469 e. The van der Waals surface area contributed by atoms with Crippen LogP contribution in [0.1, 0.15) is 20.8 Å². The average molecular weight is 252 g/mol. The molecular formula is C7H13Cl3O3. The molecule has 0 bridgehead atoms. The van der Waals surface area contributed by atoms with E-state index in [4.69, 9.17) is 34.8 Å². The lowest BCUT2D eigenvalue weighted by atomic mass is 10.6. The van der Waals surface area contributed by atoms with E-state index in [1.807, 2.05) is 0 Å². The van der Waals surface area contributed by atoms with E-state index in [9.17, 15) is 9.59 Å². The summed E-state index contributed by atoms with van der Waals surface area (Å²) in [5.41, 5.74) is 0. The Morgan fingerprint density at radius 1 is 1.08 bits per heavy atom. The molecule has 0 aliphatic rings. The smallest absolute Gasteiger partial charge is 0.302 e. The molecule has 0 saturated carbocycles. The number of halogens is 3. The van der Waals surface area contributed by atoms with Crippen LogP contribution < -0.4 is 0 Å². The van der Waals surface area contributed by atoms with E-state index in [0.29, 0.717) is 0 Å². The minimum Gasteiger partial charge on any atom is -0.469 e. The van der Waals surface area contributed by atoms with Crippen LogP contribution in [0.25, 0.3) is 0 Å². The first kappa shape index (κ1) is 18.7. The molecule has 0 rings (SSSR count). The molecule has 0 N–H and O–H groups in total. The Labute approximate surface area is 93.3 Å². The highest BCUT2D eigenvalue weighted by Crippen LogP contribution is 2.03. The van der Waals surface area contributed by atoms with Gasteiger partial charge in [-0.25, -0.2) is 0 Å². The number of alkyl halides is 3. The second-order valence-corrected chi connectivity index (χ2v) is 3.83. The highest BCUT2D eigenvalue weighted by atomic mass is 35.6. The van der Waals surface area contributed by atoms with Gasteiger partial charge >= 0.3 is 5.97 Å². The Bertz CT molecular complexity index is 130. The molecule has 80 valence electrons. The van der Waals surface area contributed by atoms with Crippen LogP contribution in [0.4, 0.5) is 0 Å². The summed E-state index contributed by atoms with van der Waals surface area (Å²) in [6.07, 6.45) is 0. The number of hydrogen-bond acceptors (Lipinski definition) is 3. The number of methoxy groups -OCH3 is 1. The zero-order chi connectivity index (χ0) is 11.4. The van der Waals surface area contributed by atoms with Crippen LogP contribution in [0.2, 0.25) is 0 Å². The molecule has 13 heavy (non-hydrogen) atoms. The number of hydrogen-bond donors (Lipinski definition) is 0. The van der Waals surface area contributed by atoms with E-state index < -0.39 is 4.30 Å². The first-order valence-electron chi connectivity index (χ1n) is 3.18. The monoisotopic (exact) mass is 250 g/mol. The van der Waals surface area contributed by atoms with E-state index in [2.05, 4.69) is 4.74 Å². The molecule has 0 heterocycles. The van der Waals surface area contributed by atoms with Crippen molar-refractivity contribution in [2.24, 2.45) is 0 Å². The van der Waals surface area contributed by atoms with Crippen LogP contribution in [-0.2, 0) is 14.3 Å². The Morgan fingerprint density at radius 2 is 1.15 bits per heavy atom. The standard InChI is InChI=1S/C3H6O2.C3H6O.CHCl3/c1-3(4)5-2;1-3(2)4;2-1(3)4/h1-2H3;1-2H3;1H. The number of ether oxygens (including phenoxy) is 1. The summed E-state index contributed by atoms with van der Waals surface area (Å²) in [6.45, 7) is 4.42. The first-order valence-corrected chi connectivity index (χ1v) is 4.48. The molecule has 0 aliphatic carbocycles. The third-order valence-corrected chi connectivity index (χ3v) is 0.287. The van der Waals surface area contributed by atoms with Crippen LogP contribution in [0.15, 0.2) is 0 Å². The van der Waals surface area contributed by atoms with Gasteiger partial charge in [0.25, 0.3) is 0 Å². The zero-order valence-electron chi connectivity index (χ0n) is 7.94. The normalized spacial score (nSPS) is 7.38. The van der Waals surface area contributed by atoms with E-state index >= 15 is 0 Å². The summed E-state index contributed by atoms with van der Waals surface area (Å²) in [6, 6.07) is 0. The van der Waals surface area contributed by atoms with Crippen molar-refractivity contribution in [1.29, 1.82) is 0 Å². The van der Waals surface area contributed by atoms with Gasteiger partial charge in [-0.1, -0.05) is 34.8 Å². The van der Waals surface area contributed by atoms with E-state index in [0.717, 1.165) is 0 Å². The van der Waals surface area contributed by atoms with E-state index in [1.165, 1.54) is 27.9 Å². The maximum absolute atomic E-state index is 9.59. The zero-order valence-corrected chi connectivity index (χ0v) is 10.2. The highest BCUT2D eigenvalue weighted by molar-refractivity contribution is 6.63. The van der Waals surface area contributed by atoms with Crippen molar-refractivity contribution in [2.75, 3.05) is 7.11 Å². The van der Waals surface area contributed by atoms with Crippen molar-refractivity contribution in [3.05, 3.63) is 0 Å². The van der Waals surface area contributed by atoms with Crippen LogP contribution in [0, 0.1) is 0 Å². The van der Waals surface area contributed by atoms with E-state index in [-0.39, 0.29) is 11.8 Å². The number of ketones is 1. The van der Waals surface area contributed by atoms with Gasteiger partial charge in [0.15, 0.2) is 4.30 Å². The van der Waals surface area contributed by atoms with Gasteiger partial charge in [-0.05, 0) is 13.8 Å². The molecule has 0 radical (unpaired) electrons. The second-order valence-electron chi connectivity index (χ2n) is 1.85. The molecule has 0 aromatic rings. The van der Waals surface area contributed by atoms with Crippen LogP contribution in [0.3, 0.4) is 0 Å². The molecule has 0 unspecified atom stereocenters. The van der Waals surface area contributed by atoms with Crippen LogP contribution in [0.5, 0.6) is 0 Å². The van der Waals surface area contributed by atoms with Gasteiger partial charge < -0.3 is 9.53 Å². The van der Waals surface area contributed by atoms with Gasteiger partial charge in [0.05, 0.1) is 7.11 Å². The minimum atomic E-state index is -0.750. The first-order chi connectivity index (χ1) is 5.73. The summed E-state index contributed by atoms with van der Waals surface area (Å²) < 4.78 is 3.36. The summed E-state index contributed by atoms with van der Waals surface area (Å²) in [5.74, 6) is -0.0787. The van der Waals surface area contributed by atoms with Crippen LogP contribution >= 0.6 is 34.8 Å². The average Bonchev–Trinajstić information content (AvgIpc) is 1.84. The molecule has 0 aliphatic heterocycles. The van der Waals surface area contributed by atoms with Crippen molar-refractivity contribution in [1.82, 2.24) is 0 Å². The minimum absolute atomic E-state index is 0.167. The lowest BCUT2D eigenvalue weighted by molar-refractivity contribution is -0.137. The van der Waals surface area contributed by atoms with Crippen molar-refractivity contribution in [2.45, 2.75) is 25.1 Å². The van der Waals surface area contributed by atoms with Gasteiger partial charge in [-0.3, -0.25) is 4.79 Å². The molecule has 0 spiro atoms. The van der Waals surface area contributed by atoms with Crippen molar-refractivity contribution in [3.8, 4) is 0 Å². The highest BCUT2D eigenvalue weighted by Gasteiger charge is 1.79. The Balaban J connectivity index is -0.000000117. The van der Waals surface area contributed by atoms with Gasteiger partial charge in [-0.15, -0.1) is 0 Å². The topological polar surface area (TPSA) is 43.4 Å². The van der Waals surface area contributed by atoms with Gasteiger partial charge in [0.1, 0.15) is 5.78 Å². The summed E-state index contributed by atoms with van der Waals surface area (Å²) in [4.78, 5) is 19.0. The predicted molar refractivity (Wildman–Crippen MR) is 55.4 cm³/mol. The van der Waals surface area contributed by atoms with Crippen molar-refractivity contribution in [3.63, 3.8) is 0 Å². The third-order valence-electron chi connectivity index (χ3n) is 0.287. The number of carbonyl (C=O) groups excluding carboxylic acids is 2. The quantitative estimate of drug-likeness (QED) is 0.491. The molecule has 0 aromatic heterocycles. The lowest BCUT2D eigenvalue weighted by Crippen LogP contribution is -1.88. The SMILES string of the molecule is CC(C)=O.COC(C)=O.ClC(Cl)Cl. The predicted octanol–water partition coefficient (Wildman–Crippen LogP) is 2.76. The molecule has 0 atom stereocenters. The fraction of sp³-hybridized carbons (Fsp3) is 0.714. The van der Waals surface area contributed by atoms with Gasteiger partial charge in [0.2, 0.25) is 0 Å². The molecule has 0 aromatic carbocycles. The van der Waals surface area contributed by atoms with Gasteiger partial charge in [-0.2, -0.15) is 0 Å². The molecule has 6 heteroatoms.